The minimum atomic E-state index is 0. The Bertz CT molecular complexity index is 131. The molecular formula is C8H17ClN2O. The molecular weight excluding hydrogens is 176 g/mol. The van der Waals surface area contributed by atoms with Gasteiger partial charge in [0, 0.05) is 39.3 Å². The highest BCUT2D eigenvalue weighted by Crippen LogP contribution is 2.20. The van der Waals surface area contributed by atoms with Gasteiger partial charge in [0.05, 0.1) is 6.10 Å². The van der Waals surface area contributed by atoms with Gasteiger partial charge < -0.3 is 10.1 Å². The summed E-state index contributed by atoms with van der Waals surface area (Å²) in [6.45, 7) is 4.64. The number of methoxy groups -OCH3 is 1. The third-order valence-electron chi connectivity index (χ3n) is 2.78. The van der Waals surface area contributed by atoms with Crippen LogP contribution in [0.3, 0.4) is 0 Å². The average Bonchev–Trinajstić information content (AvgIpc) is 2.46. The molecule has 0 aromatic rings. The maximum atomic E-state index is 5.33. The lowest BCUT2D eigenvalue weighted by Gasteiger charge is -2.29. The molecule has 3 nitrogen and oxygen atoms in total. The van der Waals surface area contributed by atoms with Gasteiger partial charge in [-0.1, -0.05) is 0 Å². The molecule has 2 rings (SSSR count). The first-order valence-electron chi connectivity index (χ1n) is 4.37. The number of hydrogen-bond acceptors (Lipinski definition) is 3. The first kappa shape index (κ1) is 10.3. The zero-order chi connectivity index (χ0) is 7.68. The van der Waals surface area contributed by atoms with Crippen molar-refractivity contribution in [3.8, 4) is 0 Å². The van der Waals surface area contributed by atoms with E-state index in [1.54, 1.807) is 0 Å². The molecule has 0 unspecified atom stereocenters. The first-order valence-corrected chi connectivity index (χ1v) is 4.37. The molecule has 0 spiro atoms. The number of halogens is 1. The Balaban J connectivity index is 0.000000720. The normalized spacial score (nSPS) is 35.8. The van der Waals surface area contributed by atoms with Crippen LogP contribution in [0, 0.1) is 0 Å². The van der Waals surface area contributed by atoms with Crippen LogP contribution in [0.5, 0.6) is 0 Å². The molecule has 2 aliphatic heterocycles. The number of ether oxygens (including phenoxy) is 1. The van der Waals surface area contributed by atoms with Gasteiger partial charge in [0.25, 0.3) is 0 Å². The monoisotopic (exact) mass is 192 g/mol. The molecule has 1 N–H and O–H groups in total. The maximum absolute atomic E-state index is 5.33. The molecule has 0 aromatic heterocycles. The summed E-state index contributed by atoms with van der Waals surface area (Å²) >= 11 is 0. The summed E-state index contributed by atoms with van der Waals surface area (Å²) < 4.78 is 5.33. The molecule has 0 amide bonds. The van der Waals surface area contributed by atoms with E-state index in [0.29, 0.717) is 6.10 Å². The third kappa shape index (κ3) is 1.91. The predicted molar refractivity (Wildman–Crippen MR) is 50.9 cm³/mol. The van der Waals surface area contributed by atoms with Crippen molar-refractivity contribution in [1.82, 2.24) is 10.2 Å². The van der Waals surface area contributed by atoms with Crippen LogP contribution in [0.1, 0.15) is 6.42 Å². The molecule has 2 atom stereocenters. The minimum Gasteiger partial charge on any atom is -0.380 e. The fourth-order valence-electron chi connectivity index (χ4n) is 2.09. The number of rotatable bonds is 1. The Hall–Kier alpha value is 0.170. The fourth-order valence-corrected chi connectivity index (χ4v) is 2.09. The highest BCUT2D eigenvalue weighted by molar-refractivity contribution is 5.85. The summed E-state index contributed by atoms with van der Waals surface area (Å²) in [5, 5.41) is 3.40. The van der Waals surface area contributed by atoms with Crippen molar-refractivity contribution in [3.63, 3.8) is 0 Å². The number of hydrogen-bond donors (Lipinski definition) is 1. The Morgan fingerprint density at radius 2 is 2.33 bits per heavy atom. The van der Waals surface area contributed by atoms with Crippen LogP contribution in [0.15, 0.2) is 0 Å². The molecule has 0 saturated carbocycles. The van der Waals surface area contributed by atoms with Crippen LogP contribution in [0.4, 0.5) is 0 Å². The van der Waals surface area contributed by atoms with Crippen molar-refractivity contribution in [2.75, 3.05) is 33.3 Å². The Morgan fingerprint density at radius 3 is 3.00 bits per heavy atom. The van der Waals surface area contributed by atoms with E-state index >= 15 is 0 Å². The average molecular weight is 193 g/mol. The minimum absolute atomic E-state index is 0. The van der Waals surface area contributed by atoms with Gasteiger partial charge in [0.2, 0.25) is 0 Å². The van der Waals surface area contributed by atoms with Gasteiger partial charge in [0.15, 0.2) is 0 Å². The molecule has 4 heteroatoms. The SMILES string of the molecule is CO[C@@H]1C[C@@H]2CNCCN2C1.Cl. The summed E-state index contributed by atoms with van der Waals surface area (Å²) in [5.74, 6) is 0. The first-order chi connectivity index (χ1) is 5.40. The summed E-state index contributed by atoms with van der Waals surface area (Å²) in [6.07, 6.45) is 1.70. The largest absolute Gasteiger partial charge is 0.380 e. The van der Waals surface area contributed by atoms with Crippen molar-refractivity contribution in [2.45, 2.75) is 18.6 Å². The Kier molecular flexibility index (Phi) is 3.77. The summed E-state index contributed by atoms with van der Waals surface area (Å²) in [6, 6.07) is 0.744. The van der Waals surface area contributed by atoms with Crippen LogP contribution in [-0.4, -0.2) is 50.3 Å². The smallest absolute Gasteiger partial charge is 0.0713 e. The summed E-state index contributed by atoms with van der Waals surface area (Å²) in [4.78, 5) is 2.53. The lowest BCUT2D eigenvalue weighted by atomic mass is 10.2. The lowest BCUT2D eigenvalue weighted by Crippen LogP contribution is -2.47. The van der Waals surface area contributed by atoms with Gasteiger partial charge in [-0.25, -0.2) is 0 Å². The van der Waals surface area contributed by atoms with E-state index in [1.807, 2.05) is 7.11 Å². The summed E-state index contributed by atoms with van der Waals surface area (Å²) in [7, 11) is 1.82. The van der Waals surface area contributed by atoms with Crippen molar-refractivity contribution >= 4 is 12.4 Å². The van der Waals surface area contributed by atoms with Crippen molar-refractivity contribution in [2.24, 2.45) is 0 Å². The van der Waals surface area contributed by atoms with E-state index in [-0.39, 0.29) is 12.4 Å². The van der Waals surface area contributed by atoms with Crippen LogP contribution in [0.2, 0.25) is 0 Å². The second-order valence-electron chi connectivity index (χ2n) is 3.45. The Labute approximate surface area is 79.9 Å². The summed E-state index contributed by atoms with van der Waals surface area (Å²) in [5.41, 5.74) is 0. The fraction of sp³-hybridized carbons (Fsp3) is 1.00. The lowest BCUT2D eigenvalue weighted by molar-refractivity contribution is 0.108. The second kappa shape index (κ2) is 4.42. The van der Waals surface area contributed by atoms with Gasteiger partial charge in [-0.3, -0.25) is 4.90 Å². The van der Waals surface area contributed by atoms with Gasteiger partial charge in [-0.2, -0.15) is 0 Å². The van der Waals surface area contributed by atoms with E-state index in [2.05, 4.69) is 10.2 Å². The van der Waals surface area contributed by atoms with Crippen molar-refractivity contribution in [1.29, 1.82) is 0 Å². The number of fused-ring (bicyclic) bond motifs is 1. The molecule has 2 aliphatic rings. The van der Waals surface area contributed by atoms with E-state index < -0.39 is 0 Å². The zero-order valence-electron chi connectivity index (χ0n) is 7.45. The Morgan fingerprint density at radius 1 is 1.50 bits per heavy atom. The number of nitrogens with zero attached hydrogens (tertiary/aromatic N) is 1. The van der Waals surface area contributed by atoms with Crippen LogP contribution >= 0.6 is 12.4 Å². The van der Waals surface area contributed by atoms with Gasteiger partial charge >= 0.3 is 0 Å². The molecule has 0 radical (unpaired) electrons. The highest BCUT2D eigenvalue weighted by Gasteiger charge is 2.33. The van der Waals surface area contributed by atoms with E-state index in [4.69, 9.17) is 4.74 Å². The topological polar surface area (TPSA) is 24.5 Å². The van der Waals surface area contributed by atoms with Crippen LogP contribution in [-0.2, 0) is 4.74 Å². The quantitative estimate of drug-likeness (QED) is 0.638. The van der Waals surface area contributed by atoms with Crippen LogP contribution in [0.25, 0.3) is 0 Å². The molecule has 72 valence electrons. The standard InChI is InChI=1S/C8H16N2O.ClH/c1-11-8-4-7-5-9-2-3-10(7)6-8;/h7-9H,2-6H2,1H3;1H/t7-,8-;/m1./s1. The predicted octanol–water partition coefficient (Wildman–Crippen LogP) is 0.101. The molecule has 0 aliphatic carbocycles. The van der Waals surface area contributed by atoms with Crippen molar-refractivity contribution < 1.29 is 4.74 Å². The molecule has 2 fully saturated rings. The van der Waals surface area contributed by atoms with E-state index in [1.165, 1.54) is 13.0 Å². The molecule has 12 heavy (non-hydrogen) atoms. The van der Waals surface area contributed by atoms with E-state index in [9.17, 15) is 0 Å². The van der Waals surface area contributed by atoms with Crippen LogP contribution < -0.4 is 5.32 Å². The number of nitrogens with one attached hydrogen (secondary N) is 1. The molecule has 2 saturated heterocycles. The van der Waals surface area contributed by atoms with Gasteiger partial charge in [-0.15, -0.1) is 12.4 Å². The third-order valence-corrected chi connectivity index (χ3v) is 2.78. The number of piperazine rings is 1. The second-order valence-corrected chi connectivity index (χ2v) is 3.45. The highest BCUT2D eigenvalue weighted by atomic mass is 35.5. The molecule has 0 aromatic carbocycles. The molecule has 2 heterocycles. The zero-order valence-corrected chi connectivity index (χ0v) is 8.27. The molecule has 0 bridgehead atoms. The van der Waals surface area contributed by atoms with E-state index in [0.717, 1.165) is 25.7 Å². The van der Waals surface area contributed by atoms with Gasteiger partial charge in [0.1, 0.15) is 0 Å². The van der Waals surface area contributed by atoms with Crippen molar-refractivity contribution in [3.05, 3.63) is 0 Å². The van der Waals surface area contributed by atoms with Gasteiger partial charge in [-0.05, 0) is 6.42 Å². The maximum Gasteiger partial charge on any atom is 0.0713 e.